The van der Waals surface area contributed by atoms with E-state index in [0.29, 0.717) is 0 Å². The first-order valence-corrected chi connectivity index (χ1v) is 11.3. The van der Waals surface area contributed by atoms with Gasteiger partial charge in [-0.2, -0.15) is 26.3 Å². The number of likely N-dealkylation sites (tertiary alicyclic amines) is 1. The lowest BCUT2D eigenvalue weighted by molar-refractivity contribution is -0.193. The molecule has 2 aromatic rings. The number of aryl methyl sites for hydroxylation is 1. The minimum atomic E-state index is -5.08. The molecule has 2 N–H and O–H groups in total. The Kier molecular flexibility index (Phi) is 10.5. The first kappa shape index (κ1) is 30.2. The molecule has 0 amide bonds. The second-order valence-electron chi connectivity index (χ2n) is 8.51. The standard InChI is InChI=1S/C18H26N4O.2C2HF3O2/c1-15-5-6-17(23-15)13-21-9-10-22-12-16(19-18(22)14-21)11-20-7-3-2-4-8-20;2*3-2(4,5)1(6)7/h5-6,12H,2-4,7-11,13-14H2,1H3;2*(H,6,7). The van der Waals surface area contributed by atoms with Crippen molar-refractivity contribution in [3.8, 4) is 0 Å². The number of piperidine rings is 1. The first-order valence-electron chi connectivity index (χ1n) is 11.3. The maximum Gasteiger partial charge on any atom is 0.490 e. The van der Waals surface area contributed by atoms with Crippen molar-refractivity contribution in [2.75, 3.05) is 19.6 Å². The number of carboxylic acids is 2. The Morgan fingerprint density at radius 1 is 0.892 bits per heavy atom. The number of carbonyl (C=O) groups is 2. The molecule has 37 heavy (non-hydrogen) atoms. The minimum absolute atomic E-state index is 0.877. The van der Waals surface area contributed by atoms with Crippen LogP contribution < -0.4 is 0 Å². The Hall–Kier alpha value is -3.07. The molecule has 1 fully saturated rings. The molecular weight excluding hydrogens is 514 g/mol. The van der Waals surface area contributed by atoms with Gasteiger partial charge in [-0.3, -0.25) is 9.80 Å². The largest absolute Gasteiger partial charge is 0.490 e. The van der Waals surface area contributed by atoms with Crippen molar-refractivity contribution in [2.24, 2.45) is 0 Å². The minimum Gasteiger partial charge on any atom is -0.475 e. The van der Waals surface area contributed by atoms with Crippen LogP contribution in [0, 0.1) is 6.92 Å². The van der Waals surface area contributed by atoms with Crippen LogP contribution in [0.5, 0.6) is 0 Å². The fraction of sp³-hybridized carbons (Fsp3) is 0.591. The van der Waals surface area contributed by atoms with Crippen molar-refractivity contribution in [3.05, 3.63) is 41.4 Å². The fourth-order valence-electron chi connectivity index (χ4n) is 3.71. The van der Waals surface area contributed by atoms with Gasteiger partial charge < -0.3 is 19.2 Å². The molecule has 2 aliphatic rings. The third-order valence-electron chi connectivity index (χ3n) is 5.43. The predicted octanol–water partition coefficient (Wildman–Crippen LogP) is 4.05. The number of aliphatic carboxylic acids is 2. The van der Waals surface area contributed by atoms with E-state index in [4.69, 9.17) is 29.2 Å². The van der Waals surface area contributed by atoms with Gasteiger partial charge in [0.25, 0.3) is 0 Å². The van der Waals surface area contributed by atoms with Crippen LogP contribution in [0.25, 0.3) is 0 Å². The Morgan fingerprint density at radius 3 is 1.95 bits per heavy atom. The second kappa shape index (κ2) is 12.9. The van der Waals surface area contributed by atoms with Crippen molar-refractivity contribution < 1.29 is 50.6 Å². The molecule has 2 aliphatic heterocycles. The monoisotopic (exact) mass is 542 g/mol. The lowest BCUT2D eigenvalue weighted by Gasteiger charge is -2.26. The van der Waals surface area contributed by atoms with Crippen LogP contribution in [0.4, 0.5) is 26.3 Å². The van der Waals surface area contributed by atoms with Crippen LogP contribution in [-0.4, -0.2) is 73.5 Å². The molecule has 0 spiro atoms. The SMILES string of the molecule is Cc1ccc(CN2CCn3cc(CN4CCCCC4)nc3C2)o1.O=C(O)C(F)(F)F.O=C(O)C(F)(F)F. The van der Waals surface area contributed by atoms with E-state index in [1.165, 1.54) is 43.9 Å². The molecule has 9 nitrogen and oxygen atoms in total. The summed E-state index contributed by atoms with van der Waals surface area (Å²) in [5.41, 5.74) is 1.23. The van der Waals surface area contributed by atoms with Gasteiger partial charge in [0.2, 0.25) is 0 Å². The zero-order valence-electron chi connectivity index (χ0n) is 20.0. The highest BCUT2D eigenvalue weighted by Crippen LogP contribution is 2.19. The number of fused-ring (bicyclic) bond motifs is 1. The fourth-order valence-corrected chi connectivity index (χ4v) is 3.71. The summed E-state index contributed by atoms with van der Waals surface area (Å²) in [7, 11) is 0. The number of rotatable bonds is 4. The molecule has 0 atom stereocenters. The number of alkyl halides is 6. The molecule has 0 bridgehead atoms. The number of carboxylic acid groups (broad SMARTS) is 2. The van der Waals surface area contributed by atoms with E-state index in [2.05, 4.69) is 26.6 Å². The van der Waals surface area contributed by atoms with Gasteiger partial charge in [-0.15, -0.1) is 0 Å². The number of furan rings is 1. The third kappa shape index (κ3) is 10.4. The number of aromatic nitrogens is 2. The van der Waals surface area contributed by atoms with Crippen LogP contribution in [-0.2, 0) is 35.8 Å². The highest BCUT2D eigenvalue weighted by Gasteiger charge is 2.38. The molecule has 15 heteroatoms. The highest BCUT2D eigenvalue weighted by molar-refractivity contribution is 5.73. The maximum absolute atomic E-state index is 10.6. The molecule has 0 aliphatic carbocycles. The summed E-state index contributed by atoms with van der Waals surface area (Å²) >= 11 is 0. The molecule has 0 radical (unpaired) electrons. The summed E-state index contributed by atoms with van der Waals surface area (Å²) in [6.45, 7) is 9.35. The average molecular weight is 542 g/mol. The van der Waals surface area contributed by atoms with Gasteiger partial charge in [0.15, 0.2) is 0 Å². The van der Waals surface area contributed by atoms with E-state index in [0.717, 1.165) is 44.2 Å². The van der Waals surface area contributed by atoms with Crippen molar-refractivity contribution in [1.82, 2.24) is 19.4 Å². The van der Waals surface area contributed by atoms with E-state index >= 15 is 0 Å². The number of nitrogens with zero attached hydrogens (tertiary/aromatic N) is 4. The van der Waals surface area contributed by atoms with Gasteiger partial charge in [0.05, 0.1) is 18.8 Å². The number of hydrogen-bond acceptors (Lipinski definition) is 6. The Morgan fingerprint density at radius 2 is 1.46 bits per heavy atom. The van der Waals surface area contributed by atoms with Gasteiger partial charge in [-0.25, -0.2) is 14.6 Å². The molecule has 4 heterocycles. The van der Waals surface area contributed by atoms with Crippen LogP contribution in [0.15, 0.2) is 22.7 Å². The summed E-state index contributed by atoms with van der Waals surface area (Å²) in [6.07, 6.45) is -3.84. The van der Waals surface area contributed by atoms with E-state index in [1.807, 2.05) is 13.0 Å². The van der Waals surface area contributed by atoms with Gasteiger partial charge in [-0.05, 0) is 45.0 Å². The molecule has 4 rings (SSSR count). The van der Waals surface area contributed by atoms with Gasteiger partial charge in [0.1, 0.15) is 17.3 Å². The zero-order chi connectivity index (χ0) is 27.8. The zero-order valence-corrected chi connectivity index (χ0v) is 20.0. The summed E-state index contributed by atoms with van der Waals surface area (Å²) < 4.78 is 71.5. The topological polar surface area (TPSA) is 112 Å². The first-order chi connectivity index (χ1) is 17.1. The Balaban J connectivity index is 0.000000286. The van der Waals surface area contributed by atoms with Crippen molar-refractivity contribution >= 4 is 11.9 Å². The van der Waals surface area contributed by atoms with E-state index in [9.17, 15) is 26.3 Å². The van der Waals surface area contributed by atoms with Crippen molar-refractivity contribution in [1.29, 1.82) is 0 Å². The summed E-state index contributed by atoms with van der Waals surface area (Å²) in [6, 6.07) is 4.12. The highest BCUT2D eigenvalue weighted by atomic mass is 19.4. The molecular formula is C22H28F6N4O5. The summed E-state index contributed by atoms with van der Waals surface area (Å²) in [4.78, 5) is 27.6. The van der Waals surface area contributed by atoms with Crippen LogP contribution >= 0.6 is 0 Å². The van der Waals surface area contributed by atoms with E-state index in [1.54, 1.807) is 0 Å². The van der Waals surface area contributed by atoms with Gasteiger partial charge in [0, 0.05) is 25.8 Å². The molecule has 208 valence electrons. The summed E-state index contributed by atoms with van der Waals surface area (Å²) in [5, 5.41) is 14.2. The number of hydrogen-bond donors (Lipinski definition) is 2. The lowest BCUT2D eigenvalue weighted by atomic mass is 10.1. The molecule has 1 saturated heterocycles. The molecule has 0 unspecified atom stereocenters. The predicted molar refractivity (Wildman–Crippen MR) is 116 cm³/mol. The Bertz CT molecular complexity index is 1000. The lowest BCUT2D eigenvalue weighted by Crippen LogP contribution is -2.33. The molecule has 0 saturated carbocycles. The third-order valence-corrected chi connectivity index (χ3v) is 5.43. The van der Waals surface area contributed by atoms with E-state index < -0.39 is 24.3 Å². The number of imidazole rings is 1. The second-order valence-corrected chi connectivity index (χ2v) is 8.51. The van der Waals surface area contributed by atoms with Crippen LogP contribution in [0.1, 0.15) is 42.3 Å². The quantitative estimate of drug-likeness (QED) is 0.557. The van der Waals surface area contributed by atoms with Crippen LogP contribution in [0.2, 0.25) is 0 Å². The van der Waals surface area contributed by atoms with Crippen molar-refractivity contribution in [3.63, 3.8) is 0 Å². The molecule has 2 aromatic heterocycles. The number of halogens is 6. The van der Waals surface area contributed by atoms with Crippen LogP contribution in [0.3, 0.4) is 0 Å². The summed E-state index contributed by atoms with van der Waals surface area (Å²) in [5.74, 6) is -2.27. The molecule has 0 aromatic carbocycles. The van der Waals surface area contributed by atoms with Crippen molar-refractivity contribution in [2.45, 2.75) is 64.7 Å². The Labute approximate surface area is 208 Å². The maximum atomic E-state index is 10.6. The average Bonchev–Trinajstić information content (AvgIpc) is 3.38. The normalized spacial score (nSPS) is 16.6. The van der Waals surface area contributed by atoms with E-state index in [-0.39, 0.29) is 0 Å². The van der Waals surface area contributed by atoms with Gasteiger partial charge in [-0.1, -0.05) is 6.42 Å². The smallest absolute Gasteiger partial charge is 0.475 e. The van der Waals surface area contributed by atoms with Gasteiger partial charge >= 0.3 is 24.3 Å².